The lowest BCUT2D eigenvalue weighted by atomic mass is 10.4. The molecule has 1 rings (SSSR count). The largest absolute Gasteiger partial charge is 0.394 e. The van der Waals surface area contributed by atoms with Crippen molar-refractivity contribution in [3.05, 3.63) is 16.9 Å². The summed E-state index contributed by atoms with van der Waals surface area (Å²) in [5.74, 6) is 0. The van der Waals surface area contributed by atoms with Gasteiger partial charge in [0.05, 0.1) is 23.3 Å². The van der Waals surface area contributed by atoms with Crippen LogP contribution < -0.4 is 0 Å². The van der Waals surface area contributed by atoms with Crippen molar-refractivity contribution in [1.82, 2.24) is 9.78 Å². The number of hydrogen-bond donors (Lipinski definition) is 1. The molecule has 0 saturated carbocycles. The van der Waals surface area contributed by atoms with Crippen molar-refractivity contribution in [2.24, 2.45) is 0 Å². The zero-order chi connectivity index (χ0) is 7.56. The molecule has 0 aliphatic heterocycles. The van der Waals surface area contributed by atoms with Crippen molar-refractivity contribution in [3.63, 3.8) is 0 Å². The molecule has 0 saturated heterocycles. The van der Waals surface area contributed by atoms with Crippen molar-refractivity contribution < 1.29 is 5.11 Å². The van der Waals surface area contributed by atoms with E-state index in [0.717, 1.165) is 4.47 Å². The van der Waals surface area contributed by atoms with E-state index in [2.05, 4.69) is 21.0 Å². The topological polar surface area (TPSA) is 38.0 Å². The van der Waals surface area contributed by atoms with Gasteiger partial charge in [0.2, 0.25) is 0 Å². The van der Waals surface area contributed by atoms with Crippen LogP contribution in [0.3, 0.4) is 0 Å². The smallest absolute Gasteiger partial charge is 0.0722 e. The van der Waals surface area contributed by atoms with Gasteiger partial charge in [0.1, 0.15) is 0 Å². The van der Waals surface area contributed by atoms with E-state index in [1.807, 2.05) is 13.1 Å². The van der Waals surface area contributed by atoms with E-state index in [1.54, 1.807) is 10.9 Å². The summed E-state index contributed by atoms with van der Waals surface area (Å²) in [5, 5.41) is 12.7. The molecule has 4 heteroatoms. The Morgan fingerprint density at radius 1 is 1.90 bits per heavy atom. The summed E-state index contributed by atoms with van der Waals surface area (Å²) in [7, 11) is 0. The fourth-order valence-electron chi connectivity index (χ4n) is 0.640. The van der Waals surface area contributed by atoms with Crippen LogP contribution in [-0.4, -0.2) is 21.5 Å². The number of aromatic nitrogens is 2. The second-order valence-electron chi connectivity index (χ2n) is 2.17. The predicted octanol–water partition coefficient (Wildman–Crippen LogP) is 1.20. The van der Waals surface area contributed by atoms with Gasteiger partial charge in [0.25, 0.3) is 0 Å². The van der Waals surface area contributed by atoms with Gasteiger partial charge in [-0.15, -0.1) is 0 Å². The molecule has 10 heavy (non-hydrogen) atoms. The number of halogens is 1. The molecule has 0 aliphatic carbocycles. The van der Waals surface area contributed by atoms with Crippen LogP contribution in [0, 0.1) is 0 Å². The highest BCUT2D eigenvalue weighted by molar-refractivity contribution is 9.10. The minimum Gasteiger partial charge on any atom is -0.394 e. The third-order valence-corrected chi connectivity index (χ3v) is 1.70. The van der Waals surface area contributed by atoms with Crippen LogP contribution in [0.15, 0.2) is 16.9 Å². The second-order valence-corrected chi connectivity index (χ2v) is 3.09. The van der Waals surface area contributed by atoms with Crippen LogP contribution in [0.4, 0.5) is 0 Å². The number of nitrogens with zero attached hydrogens (tertiary/aromatic N) is 2. The van der Waals surface area contributed by atoms with Gasteiger partial charge < -0.3 is 5.11 Å². The molecule has 3 nitrogen and oxygen atoms in total. The average molecular weight is 205 g/mol. The SMILES string of the molecule is C[C@@H](CO)n1cc(Br)cn1. The number of aliphatic hydroxyl groups is 1. The van der Waals surface area contributed by atoms with Crippen LogP contribution in [0.1, 0.15) is 13.0 Å². The Balaban J connectivity index is 2.74. The lowest BCUT2D eigenvalue weighted by Crippen LogP contribution is -2.09. The van der Waals surface area contributed by atoms with Crippen LogP contribution in [-0.2, 0) is 0 Å². The first kappa shape index (κ1) is 7.75. The third-order valence-electron chi connectivity index (χ3n) is 1.29. The van der Waals surface area contributed by atoms with E-state index >= 15 is 0 Å². The van der Waals surface area contributed by atoms with Crippen LogP contribution in [0.2, 0.25) is 0 Å². The zero-order valence-electron chi connectivity index (χ0n) is 5.66. The third kappa shape index (κ3) is 1.58. The van der Waals surface area contributed by atoms with Crippen molar-refractivity contribution >= 4 is 15.9 Å². The Bertz CT molecular complexity index is 211. The van der Waals surface area contributed by atoms with Gasteiger partial charge in [-0.2, -0.15) is 5.10 Å². The quantitative estimate of drug-likeness (QED) is 0.787. The fourth-order valence-corrected chi connectivity index (χ4v) is 0.941. The van der Waals surface area contributed by atoms with E-state index in [1.165, 1.54) is 0 Å². The van der Waals surface area contributed by atoms with Gasteiger partial charge in [0.15, 0.2) is 0 Å². The number of hydrogen-bond acceptors (Lipinski definition) is 2. The number of aliphatic hydroxyl groups excluding tert-OH is 1. The summed E-state index contributed by atoms with van der Waals surface area (Å²) in [5.41, 5.74) is 0. The molecule has 1 N–H and O–H groups in total. The molecule has 0 bridgehead atoms. The van der Waals surface area contributed by atoms with E-state index in [4.69, 9.17) is 5.11 Å². The summed E-state index contributed by atoms with van der Waals surface area (Å²) in [4.78, 5) is 0. The molecule has 1 heterocycles. The molecule has 0 spiro atoms. The van der Waals surface area contributed by atoms with Gasteiger partial charge in [-0.25, -0.2) is 0 Å². The number of rotatable bonds is 2. The van der Waals surface area contributed by atoms with E-state index in [0.29, 0.717) is 0 Å². The standard InChI is InChI=1S/C6H9BrN2O/c1-5(4-10)9-3-6(7)2-8-9/h2-3,5,10H,4H2,1H3/t5-/m0/s1. The minimum atomic E-state index is 0.0614. The molecular formula is C6H9BrN2O. The Labute approximate surface area is 67.8 Å². The van der Waals surface area contributed by atoms with Crippen LogP contribution in [0.25, 0.3) is 0 Å². The molecular weight excluding hydrogens is 196 g/mol. The van der Waals surface area contributed by atoms with Gasteiger partial charge in [-0.05, 0) is 22.9 Å². The molecule has 0 aromatic carbocycles. The van der Waals surface area contributed by atoms with E-state index in [9.17, 15) is 0 Å². The molecule has 0 radical (unpaired) electrons. The Morgan fingerprint density at radius 2 is 2.60 bits per heavy atom. The molecule has 1 aromatic rings. The van der Waals surface area contributed by atoms with E-state index in [-0.39, 0.29) is 12.6 Å². The highest BCUT2D eigenvalue weighted by atomic mass is 79.9. The maximum Gasteiger partial charge on any atom is 0.0722 e. The maximum atomic E-state index is 8.72. The molecule has 1 aromatic heterocycles. The molecule has 0 aliphatic rings. The normalized spacial score (nSPS) is 13.5. The zero-order valence-corrected chi connectivity index (χ0v) is 7.24. The second kappa shape index (κ2) is 3.16. The predicted molar refractivity (Wildman–Crippen MR) is 41.7 cm³/mol. The summed E-state index contributed by atoms with van der Waals surface area (Å²) < 4.78 is 2.65. The van der Waals surface area contributed by atoms with Crippen molar-refractivity contribution in [3.8, 4) is 0 Å². The lowest BCUT2D eigenvalue weighted by molar-refractivity contribution is 0.229. The first-order chi connectivity index (χ1) is 4.74. The summed E-state index contributed by atoms with van der Waals surface area (Å²) >= 11 is 3.26. The van der Waals surface area contributed by atoms with Crippen molar-refractivity contribution in [2.75, 3.05) is 6.61 Å². The molecule has 1 atom stereocenters. The first-order valence-corrected chi connectivity index (χ1v) is 3.84. The molecule has 56 valence electrons. The first-order valence-electron chi connectivity index (χ1n) is 3.04. The van der Waals surface area contributed by atoms with Crippen molar-refractivity contribution in [2.45, 2.75) is 13.0 Å². The van der Waals surface area contributed by atoms with Gasteiger partial charge in [0, 0.05) is 6.20 Å². The molecule has 0 unspecified atom stereocenters. The summed E-state index contributed by atoms with van der Waals surface area (Å²) in [6.45, 7) is 2.02. The summed E-state index contributed by atoms with van der Waals surface area (Å²) in [6.07, 6.45) is 3.53. The Hall–Kier alpha value is -0.350. The highest BCUT2D eigenvalue weighted by Crippen LogP contribution is 2.10. The van der Waals surface area contributed by atoms with Crippen LogP contribution >= 0.6 is 15.9 Å². The molecule has 0 amide bonds. The maximum absolute atomic E-state index is 8.72. The van der Waals surface area contributed by atoms with Gasteiger partial charge in [-0.3, -0.25) is 4.68 Å². The highest BCUT2D eigenvalue weighted by Gasteiger charge is 2.02. The Morgan fingerprint density at radius 3 is 3.00 bits per heavy atom. The van der Waals surface area contributed by atoms with Gasteiger partial charge in [-0.1, -0.05) is 0 Å². The van der Waals surface area contributed by atoms with Gasteiger partial charge >= 0.3 is 0 Å². The minimum absolute atomic E-state index is 0.0614. The Kier molecular flexibility index (Phi) is 2.45. The monoisotopic (exact) mass is 204 g/mol. The van der Waals surface area contributed by atoms with Crippen molar-refractivity contribution in [1.29, 1.82) is 0 Å². The van der Waals surface area contributed by atoms with E-state index < -0.39 is 0 Å². The van der Waals surface area contributed by atoms with Crippen LogP contribution in [0.5, 0.6) is 0 Å². The fraction of sp³-hybridized carbons (Fsp3) is 0.500. The average Bonchev–Trinajstić information content (AvgIpc) is 2.34. The summed E-state index contributed by atoms with van der Waals surface area (Å²) in [6, 6.07) is 0.0614. The lowest BCUT2D eigenvalue weighted by Gasteiger charge is -2.06. The molecule has 0 fully saturated rings.